The van der Waals surface area contributed by atoms with Crippen molar-refractivity contribution in [1.29, 1.82) is 0 Å². The Bertz CT molecular complexity index is 2320. The minimum Gasteiger partial charge on any atom is -0.493 e. The molecular formula is C38H32F2N6O3S. The fourth-order valence-corrected chi connectivity index (χ4v) is 9.01. The Morgan fingerprint density at radius 3 is 2.70 bits per heavy atom. The summed E-state index contributed by atoms with van der Waals surface area (Å²) in [5.74, 6) is 1.03. The largest absolute Gasteiger partial charge is 0.493 e. The molecule has 2 aliphatic heterocycles. The molecule has 0 bridgehead atoms. The molecule has 1 fully saturated rings. The Hall–Kier alpha value is -5.23. The van der Waals surface area contributed by atoms with Gasteiger partial charge in [-0.2, -0.15) is 0 Å². The molecule has 252 valence electrons. The maximum atomic E-state index is 14.5. The molecule has 6 aromatic rings. The van der Waals surface area contributed by atoms with E-state index in [9.17, 15) is 13.6 Å². The molecule has 1 saturated heterocycles. The number of rotatable bonds is 8. The third-order valence-electron chi connectivity index (χ3n) is 10.2. The first-order chi connectivity index (χ1) is 24.4. The predicted molar refractivity (Wildman–Crippen MR) is 185 cm³/mol. The van der Waals surface area contributed by atoms with Gasteiger partial charge in [-0.15, -0.1) is 21.5 Å². The van der Waals surface area contributed by atoms with Gasteiger partial charge in [0.2, 0.25) is 11.8 Å². The van der Waals surface area contributed by atoms with E-state index in [1.165, 1.54) is 25.3 Å². The Morgan fingerprint density at radius 1 is 1.04 bits per heavy atom. The molecule has 6 heterocycles. The lowest BCUT2D eigenvalue weighted by Crippen LogP contribution is -2.22. The van der Waals surface area contributed by atoms with E-state index in [4.69, 9.17) is 19.1 Å². The molecule has 2 atom stereocenters. The van der Waals surface area contributed by atoms with E-state index in [-0.39, 0.29) is 29.6 Å². The summed E-state index contributed by atoms with van der Waals surface area (Å²) >= 11 is 1.57. The predicted octanol–water partition coefficient (Wildman–Crippen LogP) is 8.18. The zero-order valence-electron chi connectivity index (χ0n) is 27.4. The summed E-state index contributed by atoms with van der Waals surface area (Å²) < 4.78 is 40.7. The number of carbonyl (C=O) groups is 1. The molecule has 0 unspecified atom stereocenters. The third kappa shape index (κ3) is 4.95. The highest BCUT2D eigenvalue weighted by Crippen LogP contribution is 2.50. The van der Waals surface area contributed by atoms with Gasteiger partial charge in [-0.1, -0.05) is 18.2 Å². The van der Waals surface area contributed by atoms with Gasteiger partial charge in [-0.3, -0.25) is 9.78 Å². The number of amides is 1. The van der Waals surface area contributed by atoms with Crippen molar-refractivity contribution in [2.24, 2.45) is 0 Å². The van der Waals surface area contributed by atoms with Crippen molar-refractivity contribution in [3.8, 4) is 27.6 Å². The van der Waals surface area contributed by atoms with E-state index in [2.05, 4.69) is 21.6 Å². The molecule has 0 radical (unpaired) electrons. The standard InChI is InChI=1S/C38H32F2N6O3S/c1-19-44-45-37(49-19)31-27(13-7-20-5-8-21(39)9-6-20)42-34-28-4-3-17-46(28)38(47)33(34)32(31)30-18-24-29(50-30)15-16-41-36(24)43-26-14-11-23-22(26)10-12-25(40)35(23)48-2/h5-6,8-10,12,15-16,18,26,28H,3-4,7,11,13-14,17H2,1-2H3,(H,41,43)/t26-,28+/m0/s1. The zero-order chi connectivity index (χ0) is 34.1. The highest BCUT2D eigenvalue weighted by molar-refractivity contribution is 7.22. The smallest absolute Gasteiger partial charge is 0.257 e. The number of fused-ring (bicyclic) bond motifs is 5. The SMILES string of the molecule is COc1c(F)ccc2c1CC[C@@H]2Nc1nccc2sc(-c3c4c(nc(CCc5ccc(F)cc5)c3-c3nnc(C)o3)[C@H]3CCCN3C4=O)cc12. The second-order valence-corrected chi connectivity index (χ2v) is 14.1. The zero-order valence-corrected chi connectivity index (χ0v) is 28.2. The van der Waals surface area contributed by atoms with Crippen LogP contribution in [0.3, 0.4) is 0 Å². The van der Waals surface area contributed by atoms with Crippen molar-refractivity contribution in [1.82, 2.24) is 25.1 Å². The van der Waals surface area contributed by atoms with Crippen molar-refractivity contribution in [3.05, 3.63) is 106 Å². The average molecular weight is 691 g/mol. The van der Waals surface area contributed by atoms with Gasteiger partial charge < -0.3 is 19.4 Å². The topological polar surface area (TPSA) is 106 Å². The van der Waals surface area contributed by atoms with Crippen LogP contribution in [0.1, 0.15) is 75.7 Å². The van der Waals surface area contributed by atoms with Gasteiger partial charge >= 0.3 is 0 Å². The number of benzene rings is 2. The van der Waals surface area contributed by atoms with Crippen molar-refractivity contribution >= 4 is 33.1 Å². The summed E-state index contributed by atoms with van der Waals surface area (Å²) in [5, 5.41) is 13.1. The second kappa shape index (κ2) is 12.0. The fraction of sp³-hybridized carbons (Fsp3) is 0.289. The highest BCUT2D eigenvalue weighted by Gasteiger charge is 2.45. The number of thiophene rings is 1. The summed E-state index contributed by atoms with van der Waals surface area (Å²) in [6.07, 6.45) is 6.14. The normalized spacial score (nSPS) is 17.8. The summed E-state index contributed by atoms with van der Waals surface area (Å²) in [4.78, 5) is 27.0. The summed E-state index contributed by atoms with van der Waals surface area (Å²) in [7, 11) is 1.50. The molecule has 4 aromatic heterocycles. The molecule has 50 heavy (non-hydrogen) atoms. The van der Waals surface area contributed by atoms with Crippen LogP contribution >= 0.6 is 11.3 Å². The fourth-order valence-electron chi connectivity index (χ4n) is 7.90. The quantitative estimate of drug-likeness (QED) is 0.171. The number of nitrogens with zero attached hydrogens (tertiary/aromatic N) is 5. The Morgan fingerprint density at radius 2 is 1.90 bits per heavy atom. The number of aryl methyl sites for hydroxylation is 3. The number of ether oxygens (including phenoxy) is 1. The van der Waals surface area contributed by atoms with Crippen LogP contribution in [0.5, 0.6) is 5.75 Å². The number of nitrogens with one attached hydrogen (secondary N) is 1. The van der Waals surface area contributed by atoms with Crippen LogP contribution in [0.15, 0.2) is 59.1 Å². The lowest BCUT2D eigenvalue weighted by molar-refractivity contribution is 0.0776. The highest BCUT2D eigenvalue weighted by atomic mass is 32.1. The minimum absolute atomic E-state index is 0.0368. The van der Waals surface area contributed by atoms with Crippen LogP contribution < -0.4 is 10.1 Å². The maximum absolute atomic E-state index is 14.5. The minimum atomic E-state index is -0.362. The molecule has 9 rings (SSSR count). The molecule has 9 nitrogen and oxygen atoms in total. The first kappa shape index (κ1) is 30.8. The molecule has 0 spiro atoms. The van der Waals surface area contributed by atoms with Crippen molar-refractivity contribution < 1.29 is 22.7 Å². The molecule has 3 aliphatic rings. The first-order valence-electron chi connectivity index (χ1n) is 16.8. The van der Waals surface area contributed by atoms with Crippen LogP contribution in [0.2, 0.25) is 0 Å². The van der Waals surface area contributed by atoms with Crippen LogP contribution in [-0.4, -0.2) is 44.6 Å². The number of carbonyl (C=O) groups excluding carboxylic acids is 1. The van der Waals surface area contributed by atoms with Crippen molar-refractivity contribution in [2.75, 3.05) is 19.0 Å². The third-order valence-corrected chi connectivity index (χ3v) is 11.3. The summed E-state index contributed by atoms with van der Waals surface area (Å²) in [5.41, 5.74) is 6.36. The maximum Gasteiger partial charge on any atom is 0.257 e. The van der Waals surface area contributed by atoms with Gasteiger partial charge in [0.15, 0.2) is 11.6 Å². The van der Waals surface area contributed by atoms with Crippen LogP contribution in [0, 0.1) is 18.6 Å². The lowest BCUT2D eigenvalue weighted by atomic mass is 9.93. The van der Waals surface area contributed by atoms with E-state index in [0.717, 1.165) is 67.9 Å². The van der Waals surface area contributed by atoms with Gasteiger partial charge in [0.05, 0.1) is 41.7 Å². The molecule has 0 saturated carbocycles. The monoisotopic (exact) mass is 690 g/mol. The molecule has 1 aliphatic carbocycles. The molecule has 1 amide bonds. The van der Waals surface area contributed by atoms with Crippen LogP contribution in [-0.2, 0) is 19.3 Å². The first-order valence-corrected chi connectivity index (χ1v) is 17.6. The Balaban J connectivity index is 1.20. The molecule has 2 aromatic carbocycles. The Kier molecular flexibility index (Phi) is 7.38. The van der Waals surface area contributed by atoms with Crippen LogP contribution in [0.4, 0.5) is 14.6 Å². The van der Waals surface area contributed by atoms with Crippen molar-refractivity contribution in [3.63, 3.8) is 0 Å². The number of anilines is 1. The summed E-state index contributed by atoms with van der Waals surface area (Å²) in [6.45, 7) is 2.42. The van der Waals surface area contributed by atoms with E-state index in [1.807, 2.05) is 17.0 Å². The average Bonchev–Trinajstić information content (AvgIpc) is 3.96. The molecule has 12 heteroatoms. The van der Waals surface area contributed by atoms with E-state index >= 15 is 0 Å². The van der Waals surface area contributed by atoms with Crippen LogP contribution in [0.25, 0.3) is 32.0 Å². The van der Waals surface area contributed by atoms with E-state index < -0.39 is 0 Å². The van der Waals surface area contributed by atoms with Gasteiger partial charge in [-0.25, -0.2) is 13.8 Å². The second-order valence-electron chi connectivity index (χ2n) is 13.0. The van der Waals surface area contributed by atoms with Gasteiger partial charge in [-0.05, 0) is 80.0 Å². The number of hydrogen-bond donors (Lipinski definition) is 1. The number of hydrogen-bond acceptors (Lipinski definition) is 9. The molecular weight excluding hydrogens is 659 g/mol. The lowest BCUT2D eigenvalue weighted by Gasteiger charge is -2.16. The number of pyridine rings is 2. The van der Waals surface area contributed by atoms with Crippen molar-refractivity contribution in [2.45, 2.75) is 57.5 Å². The van der Waals surface area contributed by atoms with Gasteiger partial charge in [0.1, 0.15) is 11.6 Å². The number of aromatic nitrogens is 4. The Labute approximate surface area is 290 Å². The molecule has 1 N–H and O–H groups in total. The van der Waals surface area contributed by atoms with Gasteiger partial charge in [0, 0.05) is 45.8 Å². The number of halogens is 2. The number of methoxy groups -OCH3 is 1. The van der Waals surface area contributed by atoms with Gasteiger partial charge in [0.25, 0.3) is 5.91 Å². The van der Waals surface area contributed by atoms with E-state index in [1.54, 1.807) is 36.6 Å². The van der Waals surface area contributed by atoms with E-state index in [0.29, 0.717) is 60.3 Å². The summed E-state index contributed by atoms with van der Waals surface area (Å²) in [6, 6.07) is 13.7.